The van der Waals surface area contributed by atoms with Crippen LogP contribution in [0.4, 0.5) is 5.69 Å². The van der Waals surface area contributed by atoms with Gasteiger partial charge in [-0.1, -0.05) is 36.4 Å². The maximum atomic E-state index is 12.1. The number of carbonyl (C=O) groups is 3. The summed E-state index contributed by atoms with van der Waals surface area (Å²) >= 11 is 0. The van der Waals surface area contributed by atoms with Gasteiger partial charge in [-0.25, -0.2) is 4.79 Å². The lowest BCUT2D eigenvalue weighted by atomic mass is 10.0. The van der Waals surface area contributed by atoms with Gasteiger partial charge in [0.1, 0.15) is 5.75 Å². The second-order valence-electron chi connectivity index (χ2n) is 7.02. The number of anilines is 1. The van der Waals surface area contributed by atoms with Gasteiger partial charge in [0.15, 0.2) is 6.10 Å². The number of aliphatic carboxylic acids is 1. The van der Waals surface area contributed by atoms with Crippen LogP contribution in [0.15, 0.2) is 48.5 Å². The minimum atomic E-state index is -1.13. The van der Waals surface area contributed by atoms with Crippen LogP contribution in [-0.2, 0) is 27.3 Å². The van der Waals surface area contributed by atoms with Crippen LogP contribution in [0.3, 0.4) is 0 Å². The summed E-state index contributed by atoms with van der Waals surface area (Å²) in [7, 11) is 0. The lowest BCUT2D eigenvalue weighted by molar-refractivity contribution is -0.144. The summed E-state index contributed by atoms with van der Waals surface area (Å²) in [5.74, 6) is -2.71. The highest BCUT2D eigenvalue weighted by Crippen LogP contribution is 2.33. The van der Waals surface area contributed by atoms with Gasteiger partial charge >= 0.3 is 5.97 Å². The van der Waals surface area contributed by atoms with E-state index >= 15 is 0 Å². The Bertz CT molecular complexity index is 880. The number of hydrogen-bond donors (Lipinski definition) is 2. The van der Waals surface area contributed by atoms with Gasteiger partial charge in [0, 0.05) is 30.3 Å². The van der Waals surface area contributed by atoms with Crippen molar-refractivity contribution < 1.29 is 24.2 Å². The van der Waals surface area contributed by atoms with Crippen molar-refractivity contribution in [2.45, 2.75) is 45.9 Å². The standard InChI is InChI=1S/C22H26N2O5/c1-14(2)24(13-16-8-5-4-6-9-16)18-10-7-11-20(29-15(3)22(27)28)17(18)12-19(25)21(23)26/h4-11,14-15H,12-13H2,1-3H3,(H2,23,26)(H,27,28). The SMILES string of the molecule is CC(Oc1cccc(N(Cc2ccccc2)C(C)C)c1CC(=O)C(N)=O)C(=O)O. The molecule has 7 heteroatoms. The van der Waals surface area contributed by atoms with E-state index in [1.54, 1.807) is 12.1 Å². The molecule has 1 amide bonds. The number of amides is 1. The molecule has 3 N–H and O–H groups in total. The van der Waals surface area contributed by atoms with E-state index in [2.05, 4.69) is 4.90 Å². The first-order valence-electron chi connectivity index (χ1n) is 9.35. The normalized spacial score (nSPS) is 11.7. The predicted octanol–water partition coefficient (Wildman–Crippen LogP) is 2.55. The number of Topliss-reactive ketones (excluding diaryl/α,β-unsaturated/α-hetero) is 1. The molecule has 2 aromatic rings. The van der Waals surface area contributed by atoms with Crippen molar-refractivity contribution in [2.75, 3.05) is 4.90 Å². The minimum Gasteiger partial charge on any atom is -0.479 e. The van der Waals surface area contributed by atoms with Gasteiger partial charge in [-0.2, -0.15) is 0 Å². The number of nitrogens with two attached hydrogens (primary N) is 1. The molecule has 0 aromatic heterocycles. The quantitative estimate of drug-likeness (QED) is 0.595. The summed E-state index contributed by atoms with van der Waals surface area (Å²) in [5.41, 5.74) is 7.35. The molecule has 2 aromatic carbocycles. The fourth-order valence-corrected chi connectivity index (χ4v) is 2.93. The third-order valence-corrected chi connectivity index (χ3v) is 4.50. The lowest BCUT2D eigenvalue weighted by Crippen LogP contribution is -2.33. The predicted molar refractivity (Wildman–Crippen MR) is 110 cm³/mol. The average Bonchev–Trinajstić information content (AvgIpc) is 2.67. The maximum absolute atomic E-state index is 12.1. The number of carboxylic acids is 1. The van der Waals surface area contributed by atoms with E-state index in [9.17, 15) is 19.5 Å². The summed E-state index contributed by atoms with van der Waals surface area (Å²) < 4.78 is 5.58. The van der Waals surface area contributed by atoms with Gasteiger partial charge in [-0.15, -0.1) is 0 Å². The number of ketones is 1. The van der Waals surface area contributed by atoms with E-state index in [-0.39, 0.29) is 18.2 Å². The molecule has 154 valence electrons. The molecule has 0 aliphatic heterocycles. The van der Waals surface area contributed by atoms with Crippen LogP contribution < -0.4 is 15.4 Å². The molecule has 0 bridgehead atoms. The van der Waals surface area contributed by atoms with E-state index in [0.29, 0.717) is 17.8 Å². The van der Waals surface area contributed by atoms with Crippen LogP contribution >= 0.6 is 0 Å². The molecule has 7 nitrogen and oxygen atoms in total. The molecule has 0 heterocycles. The van der Waals surface area contributed by atoms with Crippen molar-refractivity contribution in [2.24, 2.45) is 5.73 Å². The molecule has 29 heavy (non-hydrogen) atoms. The number of hydrogen-bond acceptors (Lipinski definition) is 5. The number of benzene rings is 2. The first-order valence-corrected chi connectivity index (χ1v) is 9.35. The Kier molecular flexibility index (Phi) is 7.36. The van der Waals surface area contributed by atoms with Crippen molar-refractivity contribution >= 4 is 23.3 Å². The van der Waals surface area contributed by atoms with E-state index < -0.39 is 23.8 Å². The topological polar surface area (TPSA) is 110 Å². The molecule has 0 saturated carbocycles. The monoisotopic (exact) mass is 398 g/mol. The molecule has 0 radical (unpaired) electrons. The first-order chi connectivity index (χ1) is 13.7. The van der Waals surface area contributed by atoms with Gasteiger partial charge in [0.05, 0.1) is 0 Å². The van der Waals surface area contributed by atoms with E-state index in [1.165, 1.54) is 6.92 Å². The Morgan fingerprint density at radius 3 is 2.24 bits per heavy atom. The second-order valence-corrected chi connectivity index (χ2v) is 7.02. The Morgan fingerprint density at radius 2 is 1.69 bits per heavy atom. The van der Waals surface area contributed by atoms with Crippen molar-refractivity contribution in [1.29, 1.82) is 0 Å². The number of primary amides is 1. The fourth-order valence-electron chi connectivity index (χ4n) is 2.93. The molecule has 0 saturated heterocycles. The van der Waals surface area contributed by atoms with E-state index in [0.717, 1.165) is 5.56 Å². The van der Waals surface area contributed by atoms with Crippen LogP contribution in [0.1, 0.15) is 31.9 Å². The van der Waals surface area contributed by atoms with Crippen LogP contribution in [-0.4, -0.2) is 34.9 Å². The zero-order chi connectivity index (χ0) is 21.6. The molecule has 2 rings (SSSR count). The summed E-state index contributed by atoms with van der Waals surface area (Å²) in [4.78, 5) is 36.8. The summed E-state index contributed by atoms with van der Waals surface area (Å²) in [5, 5.41) is 9.19. The van der Waals surface area contributed by atoms with Crippen molar-refractivity contribution in [3.8, 4) is 5.75 Å². The van der Waals surface area contributed by atoms with Gasteiger partial charge in [0.2, 0.25) is 5.78 Å². The molecule has 1 atom stereocenters. The number of nitrogens with zero attached hydrogens (tertiary/aromatic N) is 1. The van der Waals surface area contributed by atoms with Gasteiger partial charge in [-0.3, -0.25) is 9.59 Å². The molecule has 0 fully saturated rings. The van der Waals surface area contributed by atoms with Crippen molar-refractivity contribution in [3.63, 3.8) is 0 Å². The minimum absolute atomic E-state index is 0.0600. The number of carbonyl (C=O) groups excluding carboxylic acids is 2. The van der Waals surface area contributed by atoms with Gasteiger partial charge < -0.3 is 20.5 Å². The summed E-state index contributed by atoms with van der Waals surface area (Å²) in [6.45, 7) is 5.99. The number of carboxylic acid groups (broad SMARTS) is 1. The number of rotatable bonds is 10. The largest absolute Gasteiger partial charge is 0.479 e. The number of ether oxygens (including phenoxy) is 1. The van der Waals surface area contributed by atoms with E-state index in [4.69, 9.17) is 10.5 Å². The Morgan fingerprint density at radius 1 is 1.03 bits per heavy atom. The Balaban J connectivity index is 2.52. The summed E-state index contributed by atoms with van der Waals surface area (Å²) in [6.07, 6.45) is -1.39. The Hall–Kier alpha value is -3.35. The van der Waals surface area contributed by atoms with Crippen LogP contribution in [0.25, 0.3) is 0 Å². The highest BCUT2D eigenvalue weighted by atomic mass is 16.5. The average molecular weight is 398 g/mol. The van der Waals surface area contributed by atoms with Crippen molar-refractivity contribution in [3.05, 3.63) is 59.7 Å². The molecule has 1 unspecified atom stereocenters. The zero-order valence-corrected chi connectivity index (χ0v) is 16.8. The molecule has 0 aliphatic rings. The highest BCUT2D eigenvalue weighted by molar-refractivity contribution is 6.36. The van der Waals surface area contributed by atoms with Gasteiger partial charge in [0.25, 0.3) is 5.91 Å². The molecular formula is C22H26N2O5. The van der Waals surface area contributed by atoms with Gasteiger partial charge in [-0.05, 0) is 38.5 Å². The van der Waals surface area contributed by atoms with Crippen LogP contribution in [0, 0.1) is 0 Å². The first kappa shape index (κ1) is 21.9. The second kappa shape index (κ2) is 9.73. The fraction of sp³-hybridized carbons (Fsp3) is 0.318. The van der Waals surface area contributed by atoms with E-state index in [1.807, 2.05) is 50.2 Å². The third-order valence-electron chi connectivity index (χ3n) is 4.50. The molecular weight excluding hydrogens is 372 g/mol. The molecule has 0 spiro atoms. The summed E-state index contributed by atoms with van der Waals surface area (Å²) in [6, 6.07) is 15.0. The van der Waals surface area contributed by atoms with Crippen molar-refractivity contribution in [1.82, 2.24) is 0 Å². The lowest BCUT2D eigenvalue weighted by Gasteiger charge is -2.32. The maximum Gasteiger partial charge on any atom is 0.344 e. The van der Waals surface area contributed by atoms with Crippen LogP contribution in [0.5, 0.6) is 5.75 Å². The smallest absolute Gasteiger partial charge is 0.344 e. The van der Waals surface area contributed by atoms with Crippen LogP contribution in [0.2, 0.25) is 0 Å². The highest BCUT2D eigenvalue weighted by Gasteiger charge is 2.24. The zero-order valence-electron chi connectivity index (χ0n) is 16.8. The molecule has 0 aliphatic carbocycles. The third kappa shape index (κ3) is 5.81. The Labute approximate surface area is 170 Å².